The Morgan fingerprint density at radius 2 is 2.04 bits per heavy atom. The summed E-state index contributed by atoms with van der Waals surface area (Å²) in [5.74, 6) is 0.910. The van der Waals surface area contributed by atoms with Crippen molar-refractivity contribution in [1.82, 2.24) is 19.7 Å². The highest BCUT2D eigenvalue weighted by Crippen LogP contribution is 2.25. The van der Waals surface area contributed by atoms with Crippen LogP contribution >= 0.6 is 0 Å². The largest absolute Gasteiger partial charge is 0.368 e. The van der Waals surface area contributed by atoms with Gasteiger partial charge in [-0.15, -0.1) is 5.10 Å². The van der Waals surface area contributed by atoms with E-state index in [1.165, 1.54) is 0 Å². The highest BCUT2D eigenvalue weighted by molar-refractivity contribution is 5.84. The number of carbonyl (C=O) groups is 1. The summed E-state index contributed by atoms with van der Waals surface area (Å²) < 4.78 is 1.67. The highest BCUT2D eigenvalue weighted by atomic mass is 16.1. The van der Waals surface area contributed by atoms with E-state index in [-0.39, 0.29) is 11.9 Å². The van der Waals surface area contributed by atoms with Gasteiger partial charge in [0.1, 0.15) is 18.2 Å². The third-order valence-electron chi connectivity index (χ3n) is 4.39. The first-order valence-corrected chi connectivity index (χ1v) is 8.47. The minimum atomic E-state index is -0.315. The number of para-hydroxylation sites is 1. The van der Waals surface area contributed by atoms with E-state index in [0.717, 1.165) is 36.6 Å². The molecule has 8 nitrogen and oxygen atoms in total. The minimum absolute atomic E-state index is 0.302. The molecule has 1 unspecified atom stereocenters. The topological polar surface area (TPSA) is 102 Å². The number of hydrogen-bond acceptors (Lipinski definition) is 6. The van der Waals surface area contributed by atoms with Gasteiger partial charge in [0, 0.05) is 24.5 Å². The third-order valence-corrected chi connectivity index (χ3v) is 4.39. The first-order valence-electron chi connectivity index (χ1n) is 8.47. The van der Waals surface area contributed by atoms with Gasteiger partial charge in [-0.1, -0.05) is 18.2 Å². The molecule has 1 aromatic carbocycles. The van der Waals surface area contributed by atoms with Crippen molar-refractivity contribution in [3.63, 3.8) is 0 Å². The van der Waals surface area contributed by atoms with Gasteiger partial charge in [0.05, 0.1) is 5.69 Å². The number of rotatable bonds is 5. The molecule has 3 heterocycles. The zero-order chi connectivity index (χ0) is 17.9. The van der Waals surface area contributed by atoms with Crippen LogP contribution in [0.25, 0.3) is 5.69 Å². The van der Waals surface area contributed by atoms with E-state index in [1.54, 1.807) is 17.2 Å². The quantitative estimate of drug-likeness (QED) is 0.729. The lowest BCUT2D eigenvalue weighted by Crippen LogP contribution is -2.40. The number of hydrogen-bond donors (Lipinski definition) is 2. The van der Waals surface area contributed by atoms with Crippen molar-refractivity contribution in [2.75, 3.05) is 16.8 Å². The Kier molecular flexibility index (Phi) is 4.22. The van der Waals surface area contributed by atoms with Crippen molar-refractivity contribution in [1.29, 1.82) is 0 Å². The molecule has 0 radical (unpaired) electrons. The zero-order valence-corrected chi connectivity index (χ0v) is 14.1. The van der Waals surface area contributed by atoms with Gasteiger partial charge in [-0.25, -0.2) is 9.67 Å². The molecule has 1 fully saturated rings. The Labute approximate surface area is 150 Å². The molecule has 0 bridgehead atoms. The molecule has 1 atom stereocenters. The second-order valence-corrected chi connectivity index (χ2v) is 6.13. The smallest absolute Gasteiger partial charge is 0.246 e. The van der Waals surface area contributed by atoms with Crippen LogP contribution in [0.3, 0.4) is 0 Å². The van der Waals surface area contributed by atoms with Gasteiger partial charge in [0.25, 0.3) is 0 Å². The second kappa shape index (κ2) is 6.83. The van der Waals surface area contributed by atoms with Gasteiger partial charge >= 0.3 is 0 Å². The van der Waals surface area contributed by atoms with Crippen LogP contribution < -0.4 is 16.0 Å². The summed E-state index contributed by atoms with van der Waals surface area (Å²) in [6.07, 6.45) is 5.02. The van der Waals surface area contributed by atoms with E-state index in [4.69, 9.17) is 5.73 Å². The second-order valence-electron chi connectivity index (χ2n) is 6.13. The van der Waals surface area contributed by atoms with E-state index >= 15 is 0 Å². The predicted molar refractivity (Wildman–Crippen MR) is 98.4 cm³/mol. The number of primary amides is 1. The highest BCUT2D eigenvalue weighted by Gasteiger charge is 2.30. The van der Waals surface area contributed by atoms with Crippen LogP contribution in [-0.4, -0.2) is 38.2 Å². The van der Waals surface area contributed by atoms with Crippen LogP contribution in [0.2, 0.25) is 0 Å². The van der Waals surface area contributed by atoms with Crippen LogP contribution in [0.5, 0.6) is 0 Å². The molecule has 0 spiro atoms. The average molecular weight is 349 g/mol. The fraction of sp³-hybridized carbons (Fsp3) is 0.222. The molecule has 1 aliphatic rings. The van der Waals surface area contributed by atoms with Gasteiger partial charge in [0.15, 0.2) is 0 Å². The van der Waals surface area contributed by atoms with Crippen molar-refractivity contribution in [2.45, 2.75) is 18.9 Å². The van der Waals surface area contributed by atoms with E-state index in [0.29, 0.717) is 5.95 Å². The van der Waals surface area contributed by atoms with E-state index < -0.39 is 0 Å². The number of benzene rings is 1. The van der Waals surface area contributed by atoms with Crippen LogP contribution in [0.15, 0.2) is 55.0 Å². The van der Waals surface area contributed by atoms with Crippen molar-refractivity contribution < 1.29 is 4.79 Å². The van der Waals surface area contributed by atoms with Gasteiger partial charge in [-0.2, -0.15) is 4.98 Å². The Morgan fingerprint density at radius 3 is 2.85 bits per heavy atom. The summed E-state index contributed by atoms with van der Waals surface area (Å²) in [6.45, 7) is 0.766. The Morgan fingerprint density at radius 1 is 1.19 bits per heavy atom. The van der Waals surface area contributed by atoms with Crippen molar-refractivity contribution in [3.8, 4) is 5.69 Å². The number of amides is 1. The summed E-state index contributed by atoms with van der Waals surface area (Å²) in [5.41, 5.74) is 7.24. The Balaban J connectivity index is 1.56. The average Bonchev–Trinajstić information content (AvgIpc) is 3.32. The molecule has 3 aromatic rings. The van der Waals surface area contributed by atoms with Gasteiger partial charge in [-0.3, -0.25) is 4.79 Å². The van der Waals surface area contributed by atoms with Crippen LogP contribution in [0, 0.1) is 0 Å². The molecule has 3 N–H and O–H groups in total. The summed E-state index contributed by atoms with van der Waals surface area (Å²) in [7, 11) is 0. The Bertz CT molecular complexity index is 909. The fourth-order valence-electron chi connectivity index (χ4n) is 3.14. The first-order chi connectivity index (χ1) is 12.7. The number of nitrogens with two attached hydrogens (primary N) is 1. The molecular formula is C18H19N7O. The number of nitrogens with zero attached hydrogens (tertiary/aromatic N) is 5. The normalized spacial score (nSPS) is 16.6. The number of pyridine rings is 1. The summed E-state index contributed by atoms with van der Waals surface area (Å²) in [5, 5.41) is 7.61. The zero-order valence-electron chi connectivity index (χ0n) is 14.1. The molecule has 8 heteroatoms. The number of aromatic nitrogens is 4. The molecule has 4 rings (SSSR count). The van der Waals surface area contributed by atoms with Crippen LogP contribution in [0.1, 0.15) is 12.8 Å². The molecular weight excluding hydrogens is 330 g/mol. The molecule has 1 aliphatic heterocycles. The van der Waals surface area contributed by atoms with Crippen molar-refractivity contribution in [3.05, 3.63) is 55.0 Å². The number of carbonyl (C=O) groups excluding carboxylic acids is 1. The maximum Gasteiger partial charge on any atom is 0.246 e. The molecule has 0 aliphatic carbocycles. The monoisotopic (exact) mass is 349 g/mol. The summed E-state index contributed by atoms with van der Waals surface area (Å²) in [4.78, 5) is 22.3. The molecule has 2 aromatic heterocycles. The van der Waals surface area contributed by atoms with Gasteiger partial charge in [-0.05, 0) is 31.0 Å². The van der Waals surface area contributed by atoms with Crippen molar-refractivity contribution in [2.24, 2.45) is 5.73 Å². The molecule has 132 valence electrons. The van der Waals surface area contributed by atoms with E-state index in [9.17, 15) is 4.79 Å². The summed E-state index contributed by atoms with van der Waals surface area (Å²) >= 11 is 0. The molecule has 1 saturated heterocycles. The SMILES string of the molecule is NC(=O)C1CCCN1c1cc(-n2cnc(Nc3ccccc3)n2)ccn1. The lowest BCUT2D eigenvalue weighted by molar-refractivity contribution is -0.119. The molecule has 1 amide bonds. The predicted octanol–water partition coefficient (Wildman–Crippen LogP) is 1.86. The lowest BCUT2D eigenvalue weighted by atomic mass is 10.2. The van der Waals surface area contributed by atoms with Crippen LogP contribution in [0.4, 0.5) is 17.5 Å². The molecule has 0 saturated carbocycles. The number of anilines is 3. The number of nitrogens with one attached hydrogen (secondary N) is 1. The van der Waals surface area contributed by atoms with E-state index in [1.807, 2.05) is 47.4 Å². The maximum absolute atomic E-state index is 11.6. The minimum Gasteiger partial charge on any atom is -0.368 e. The molecule has 26 heavy (non-hydrogen) atoms. The third kappa shape index (κ3) is 3.21. The van der Waals surface area contributed by atoms with E-state index in [2.05, 4.69) is 20.4 Å². The Hall–Kier alpha value is -3.42. The van der Waals surface area contributed by atoms with Crippen molar-refractivity contribution >= 4 is 23.4 Å². The lowest BCUT2D eigenvalue weighted by Gasteiger charge is -2.23. The first kappa shape index (κ1) is 16.1. The summed E-state index contributed by atoms with van der Waals surface area (Å²) in [6, 6.07) is 13.2. The van der Waals surface area contributed by atoms with Gasteiger partial charge < -0.3 is 16.0 Å². The van der Waals surface area contributed by atoms with Crippen LogP contribution in [-0.2, 0) is 4.79 Å². The fourth-order valence-corrected chi connectivity index (χ4v) is 3.14. The van der Waals surface area contributed by atoms with Gasteiger partial charge in [0.2, 0.25) is 11.9 Å². The maximum atomic E-state index is 11.6. The standard InChI is InChI=1S/C18H19N7O/c19-17(26)15-7-4-10-24(15)16-11-14(8-9-20-16)25-12-21-18(23-25)22-13-5-2-1-3-6-13/h1-3,5-6,8-9,11-12,15H,4,7,10H2,(H2,19,26)(H,22,23).